The van der Waals surface area contributed by atoms with Crippen molar-refractivity contribution in [2.75, 3.05) is 13.2 Å². The van der Waals surface area contributed by atoms with E-state index in [1.54, 1.807) is 6.92 Å². The van der Waals surface area contributed by atoms with Gasteiger partial charge in [-0.1, -0.05) is 6.08 Å². The average Bonchev–Trinajstić information content (AvgIpc) is 2.88. The van der Waals surface area contributed by atoms with Crippen molar-refractivity contribution in [3.8, 4) is 0 Å². The number of hydrogen-bond acceptors (Lipinski definition) is 3. The van der Waals surface area contributed by atoms with Gasteiger partial charge in [0.25, 0.3) is 0 Å². The highest BCUT2D eigenvalue weighted by Crippen LogP contribution is 2.16. The summed E-state index contributed by atoms with van der Waals surface area (Å²) in [5.41, 5.74) is 0. The predicted octanol–water partition coefficient (Wildman–Crippen LogP) is 1.67. The van der Waals surface area contributed by atoms with Crippen molar-refractivity contribution in [3.05, 3.63) is 12.2 Å². The van der Waals surface area contributed by atoms with Gasteiger partial charge >= 0.3 is 5.97 Å². The molecule has 74 valence electrons. The summed E-state index contributed by atoms with van der Waals surface area (Å²) in [5.74, 6) is -0.245. The van der Waals surface area contributed by atoms with Crippen LogP contribution in [0.25, 0.3) is 0 Å². The molecule has 0 amide bonds. The van der Waals surface area contributed by atoms with Crippen molar-refractivity contribution in [1.29, 1.82) is 0 Å². The van der Waals surface area contributed by atoms with Crippen LogP contribution >= 0.6 is 0 Å². The van der Waals surface area contributed by atoms with Crippen molar-refractivity contribution >= 4 is 5.97 Å². The van der Waals surface area contributed by atoms with Crippen LogP contribution in [0.1, 0.15) is 26.2 Å². The topological polar surface area (TPSA) is 38.8 Å². The van der Waals surface area contributed by atoms with Gasteiger partial charge in [0.15, 0.2) is 0 Å². The number of epoxide rings is 1. The van der Waals surface area contributed by atoms with Crippen LogP contribution in [0.4, 0.5) is 0 Å². The minimum Gasteiger partial charge on any atom is -0.463 e. The lowest BCUT2D eigenvalue weighted by atomic mass is 10.2. The van der Waals surface area contributed by atoms with Crippen LogP contribution in [0.15, 0.2) is 12.2 Å². The van der Waals surface area contributed by atoms with Gasteiger partial charge in [0.05, 0.1) is 19.3 Å². The van der Waals surface area contributed by atoms with Gasteiger partial charge in [0.1, 0.15) is 0 Å². The van der Waals surface area contributed by atoms with E-state index in [2.05, 4.69) is 0 Å². The first-order chi connectivity index (χ1) is 6.33. The fraction of sp³-hybridized carbons (Fsp3) is 0.700. The summed E-state index contributed by atoms with van der Waals surface area (Å²) in [5, 5.41) is 0. The molecule has 1 atom stereocenters. The van der Waals surface area contributed by atoms with Crippen molar-refractivity contribution in [2.24, 2.45) is 0 Å². The van der Waals surface area contributed by atoms with Gasteiger partial charge in [-0.25, -0.2) is 4.79 Å². The fourth-order valence-electron chi connectivity index (χ4n) is 1.07. The van der Waals surface area contributed by atoms with Gasteiger partial charge in [-0.2, -0.15) is 0 Å². The molecule has 1 fully saturated rings. The van der Waals surface area contributed by atoms with Crippen LogP contribution in [-0.4, -0.2) is 25.3 Å². The van der Waals surface area contributed by atoms with Gasteiger partial charge in [0.2, 0.25) is 0 Å². The minimum absolute atomic E-state index is 0.245. The third-order valence-electron chi connectivity index (χ3n) is 1.84. The molecule has 1 saturated heterocycles. The van der Waals surface area contributed by atoms with Crippen LogP contribution in [0, 0.1) is 0 Å². The molecule has 0 aromatic carbocycles. The molecule has 3 nitrogen and oxygen atoms in total. The van der Waals surface area contributed by atoms with Crippen molar-refractivity contribution in [2.45, 2.75) is 32.3 Å². The summed E-state index contributed by atoms with van der Waals surface area (Å²) in [7, 11) is 0. The normalized spacial score (nSPS) is 20.5. The van der Waals surface area contributed by atoms with Gasteiger partial charge < -0.3 is 9.47 Å². The van der Waals surface area contributed by atoms with Crippen molar-refractivity contribution < 1.29 is 14.3 Å². The number of unbranched alkanes of at least 4 members (excludes halogenated alkanes) is 1. The summed E-state index contributed by atoms with van der Waals surface area (Å²) < 4.78 is 9.79. The lowest BCUT2D eigenvalue weighted by Crippen LogP contribution is -1.98. The van der Waals surface area contributed by atoms with E-state index in [4.69, 9.17) is 9.47 Å². The third-order valence-corrected chi connectivity index (χ3v) is 1.84. The van der Waals surface area contributed by atoms with E-state index in [9.17, 15) is 4.79 Å². The highest BCUT2D eigenvalue weighted by molar-refractivity contribution is 5.81. The molecule has 1 unspecified atom stereocenters. The van der Waals surface area contributed by atoms with E-state index in [-0.39, 0.29) is 5.97 Å². The molecule has 1 aliphatic rings. The van der Waals surface area contributed by atoms with Gasteiger partial charge in [-0.15, -0.1) is 0 Å². The van der Waals surface area contributed by atoms with Crippen molar-refractivity contribution in [1.82, 2.24) is 0 Å². The molecule has 1 rings (SSSR count). The summed E-state index contributed by atoms with van der Waals surface area (Å²) >= 11 is 0. The maximum atomic E-state index is 10.8. The Morgan fingerprint density at radius 1 is 1.69 bits per heavy atom. The molecule has 1 heterocycles. The monoisotopic (exact) mass is 184 g/mol. The Morgan fingerprint density at radius 3 is 3.08 bits per heavy atom. The molecule has 0 aliphatic carbocycles. The van der Waals surface area contributed by atoms with Gasteiger partial charge in [-0.05, 0) is 26.2 Å². The number of allylic oxidation sites excluding steroid dienone is 1. The van der Waals surface area contributed by atoms with Crippen molar-refractivity contribution in [3.63, 3.8) is 0 Å². The molecule has 13 heavy (non-hydrogen) atoms. The van der Waals surface area contributed by atoms with E-state index < -0.39 is 0 Å². The molecule has 3 heteroatoms. The van der Waals surface area contributed by atoms with Gasteiger partial charge in [-0.3, -0.25) is 0 Å². The van der Waals surface area contributed by atoms with Crippen LogP contribution in [-0.2, 0) is 14.3 Å². The number of esters is 1. The highest BCUT2D eigenvalue weighted by atomic mass is 16.6. The quantitative estimate of drug-likeness (QED) is 0.273. The van der Waals surface area contributed by atoms with E-state index >= 15 is 0 Å². The first kappa shape index (κ1) is 10.3. The van der Waals surface area contributed by atoms with Gasteiger partial charge in [0, 0.05) is 6.08 Å². The summed E-state index contributed by atoms with van der Waals surface area (Å²) in [4.78, 5) is 10.8. The first-order valence-electron chi connectivity index (χ1n) is 4.78. The number of ether oxygens (including phenoxy) is 2. The molecular formula is C10H16O3. The largest absolute Gasteiger partial charge is 0.463 e. The minimum atomic E-state index is -0.245. The second-order valence-electron chi connectivity index (χ2n) is 3.04. The molecule has 0 N–H and O–H groups in total. The van der Waals surface area contributed by atoms with E-state index in [1.165, 1.54) is 6.08 Å². The second kappa shape index (κ2) is 5.75. The zero-order valence-electron chi connectivity index (χ0n) is 7.99. The van der Waals surface area contributed by atoms with E-state index in [1.807, 2.05) is 6.08 Å². The van der Waals surface area contributed by atoms with E-state index in [0.29, 0.717) is 12.7 Å². The Hall–Kier alpha value is -0.830. The maximum absolute atomic E-state index is 10.8. The number of rotatable bonds is 6. The Bertz CT molecular complexity index is 183. The van der Waals surface area contributed by atoms with Crippen LogP contribution in [0.3, 0.4) is 0 Å². The SMILES string of the molecule is CCOC(=O)/C=C/CCCC1CO1. The second-order valence-corrected chi connectivity index (χ2v) is 3.04. The Labute approximate surface area is 78.7 Å². The molecule has 0 spiro atoms. The van der Waals surface area contributed by atoms with Crippen LogP contribution in [0.2, 0.25) is 0 Å². The lowest BCUT2D eigenvalue weighted by Gasteiger charge is -1.94. The fourth-order valence-corrected chi connectivity index (χ4v) is 1.07. The summed E-state index contributed by atoms with van der Waals surface area (Å²) in [6.07, 6.45) is 6.97. The molecule has 1 aliphatic heterocycles. The zero-order chi connectivity index (χ0) is 9.52. The maximum Gasteiger partial charge on any atom is 0.330 e. The molecule has 0 bridgehead atoms. The molecule has 0 saturated carbocycles. The summed E-state index contributed by atoms with van der Waals surface area (Å²) in [6.45, 7) is 3.16. The van der Waals surface area contributed by atoms with E-state index in [0.717, 1.165) is 25.9 Å². The molecule has 0 aromatic heterocycles. The number of carbonyl (C=O) groups is 1. The zero-order valence-corrected chi connectivity index (χ0v) is 7.99. The lowest BCUT2D eigenvalue weighted by molar-refractivity contribution is -0.137. The highest BCUT2D eigenvalue weighted by Gasteiger charge is 2.20. The first-order valence-corrected chi connectivity index (χ1v) is 4.78. The Morgan fingerprint density at radius 2 is 2.46 bits per heavy atom. The third kappa shape index (κ3) is 5.42. The molecular weight excluding hydrogens is 168 g/mol. The number of carbonyl (C=O) groups excluding carboxylic acids is 1. The van der Waals surface area contributed by atoms with Crippen LogP contribution in [0.5, 0.6) is 0 Å². The predicted molar refractivity (Wildman–Crippen MR) is 49.4 cm³/mol. The molecule has 0 radical (unpaired) electrons. The standard InChI is InChI=1S/C10H16O3/c1-2-12-10(11)7-5-3-4-6-9-8-13-9/h5,7,9H,2-4,6,8H2,1H3/b7-5+. The number of hydrogen-bond donors (Lipinski definition) is 0. The van der Waals surface area contributed by atoms with Crippen LogP contribution < -0.4 is 0 Å². The average molecular weight is 184 g/mol. The summed E-state index contributed by atoms with van der Waals surface area (Å²) in [6, 6.07) is 0. The smallest absolute Gasteiger partial charge is 0.330 e. The Kier molecular flexibility index (Phi) is 4.54. The Balaban J connectivity index is 1.93. The molecule has 0 aromatic rings.